The Bertz CT molecular complexity index is 307. The van der Waals surface area contributed by atoms with Crippen LogP contribution in [0.25, 0.3) is 0 Å². The van der Waals surface area contributed by atoms with E-state index < -0.39 is 12.0 Å². The van der Waals surface area contributed by atoms with Crippen LogP contribution in [0.4, 0.5) is 0 Å². The highest BCUT2D eigenvalue weighted by atomic mass is 16.4. The van der Waals surface area contributed by atoms with Gasteiger partial charge in [-0.05, 0) is 31.6 Å². The molecule has 0 aromatic carbocycles. The molecule has 1 aliphatic heterocycles. The van der Waals surface area contributed by atoms with Crippen molar-refractivity contribution in [3.63, 3.8) is 0 Å². The van der Waals surface area contributed by atoms with Crippen LogP contribution in [-0.4, -0.2) is 41.0 Å². The second-order valence-electron chi connectivity index (χ2n) is 5.47. The monoisotopic (exact) mass is 270 g/mol. The van der Waals surface area contributed by atoms with Crippen LogP contribution in [0.3, 0.4) is 0 Å². The third-order valence-corrected chi connectivity index (χ3v) is 3.78. The van der Waals surface area contributed by atoms with Gasteiger partial charge in [-0.15, -0.1) is 0 Å². The van der Waals surface area contributed by atoms with Crippen LogP contribution in [-0.2, 0) is 9.59 Å². The molecule has 110 valence electrons. The average Bonchev–Trinajstić information content (AvgIpc) is 2.42. The predicted molar refractivity (Wildman–Crippen MR) is 73.7 cm³/mol. The molecule has 0 spiro atoms. The van der Waals surface area contributed by atoms with Crippen molar-refractivity contribution in [1.29, 1.82) is 0 Å². The third-order valence-electron chi connectivity index (χ3n) is 3.78. The van der Waals surface area contributed by atoms with Crippen molar-refractivity contribution >= 4 is 11.9 Å². The summed E-state index contributed by atoms with van der Waals surface area (Å²) in [6.07, 6.45) is 5.58. The van der Waals surface area contributed by atoms with Crippen LogP contribution in [0.15, 0.2) is 0 Å². The topological polar surface area (TPSA) is 83.6 Å². The zero-order valence-corrected chi connectivity index (χ0v) is 11.8. The van der Waals surface area contributed by atoms with Crippen LogP contribution in [0.1, 0.15) is 51.9 Å². The van der Waals surface area contributed by atoms with Crippen molar-refractivity contribution in [2.24, 2.45) is 11.7 Å². The quantitative estimate of drug-likeness (QED) is 0.736. The van der Waals surface area contributed by atoms with Crippen LogP contribution in [0, 0.1) is 5.92 Å². The molecule has 0 radical (unpaired) electrons. The summed E-state index contributed by atoms with van der Waals surface area (Å²) in [7, 11) is 0. The summed E-state index contributed by atoms with van der Waals surface area (Å²) in [6, 6.07) is -0.391. The third kappa shape index (κ3) is 5.59. The molecule has 1 rings (SSSR count). The fourth-order valence-corrected chi connectivity index (χ4v) is 2.61. The number of nitrogens with two attached hydrogens (primary N) is 1. The maximum absolute atomic E-state index is 12.2. The van der Waals surface area contributed by atoms with Gasteiger partial charge in [0.05, 0.1) is 6.04 Å². The van der Waals surface area contributed by atoms with Gasteiger partial charge in [0.15, 0.2) is 0 Å². The van der Waals surface area contributed by atoms with Crippen molar-refractivity contribution in [1.82, 2.24) is 4.90 Å². The zero-order valence-electron chi connectivity index (χ0n) is 11.8. The Balaban J connectivity index is 2.40. The van der Waals surface area contributed by atoms with E-state index in [-0.39, 0.29) is 12.3 Å². The van der Waals surface area contributed by atoms with E-state index in [0.717, 1.165) is 38.6 Å². The first kappa shape index (κ1) is 16.0. The molecule has 19 heavy (non-hydrogen) atoms. The molecule has 3 N–H and O–H groups in total. The van der Waals surface area contributed by atoms with Gasteiger partial charge in [0.2, 0.25) is 5.91 Å². The number of carboxylic acid groups (broad SMARTS) is 1. The Morgan fingerprint density at radius 1 is 1.47 bits per heavy atom. The fourth-order valence-electron chi connectivity index (χ4n) is 2.61. The molecular formula is C14H26N2O3. The van der Waals surface area contributed by atoms with Gasteiger partial charge in [-0.2, -0.15) is 0 Å². The smallest absolute Gasteiger partial charge is 0.303 e. The molecule has 5 nitrogen and oxygen atoms in total. The lowest BCUT2D eigenvalue weighted by Gasteiger charge is -2.34. The molecule has 0 aliphatic carbocycles. The molecule has 1 heterocycles. The minimum absolute atomic E-state index is 0.0356. The molecule has 1 aliphatic rings. The first-order valence-corrected chi connectivity index (χ1v) is 7.30. The SMILES string of the molecule is CCCCC(N)C(=O)N1CCCC(CCC(=O)O)C1. The minimum Gasteiger partial charge on any atom is -0.481 e. The van der Waals surface area contributed by atoms with E-state index >= 15 is 0 Å². The zero-order chi connectivity index (χ0) is 14.3. The highest BCUT2D eigenvalue weighted by Crippen LogP contribution is 2.21. The van der Waals surface area contributed by atoms with Crippen LogP contribution < -0.4 is 5.73 Å². The summed E-state index contributed by atoms with van der Waals surface area (Å²) >= 11 is 0. The standard InChI is InChI=1S/C14H26N2O3/c1-2-3-6-12(15)14(19)16-9-4-5-11(10-16)7-8-13(17)18/h11-12H,2-10,15H2,1H3,(H,17,18). The number of carboxylic acids is 1. The van der Waals surface area contributed by atoms with Crippen LogP contribution in [0.2, 0.25) is 0 Å². The molecule has 2 unspecified atom stereocenters. The largest absolute Gasteiger partial charge is 0.481 e. The fraction of sp³-hybridized carbons (Fsp3) is 0.857. The van der Waals surface area contributed by atoms with Crippen LogP contribution in [0.5, 0.6) is 0 Å². The summed E-state index contributed by atoms with van der Waals surface area (Å²) in [5, 5.41) is 8.70. The van der Waals surface area contributed by atoms with Gasteiger partial charge < -0.3 is 15.7 Å². The number of likely N-dealkylation sites (tertiary alicyclic amines) is 1. The lowest BCUT2D eigenvalue weighted by atomic mass is 9.93. The van der Waals surface area contributed by atoms with Gasteiger partial charge in [0.25, 0.3) is 0 Å². The van der Waals surface area contributed by atoms with Gasteiger partial charge >= 0.3 is 5.97 Å². The van der Waals surface area contributed by atoms with Crippen molar-refractivity contribution in [3.05, 3.63) is 0 Å². The van der Waals surface area contributed by atoms with Gasteiger partial charge in [0, 0.05) is 19.5 Å². The second-order valence-corrected chi connectivity index (χ2v) is 5.47. The number of aliphatic carboxylic acids is 1. The maximum atomic E-state index is 12.2. The van der Waals surface area contributed by atoms with E-state index in [1.165, 1.54) is 0 Å². The van der Waals surface area contributed by atoms with Crippen LogP contribution >= 0.6 is 0 Å². The minimum atomic E-state index is -0.761. The summed E-state index contributed by atoms with van der Waals surface area (Å²) < 4.78 is 0. The van der Waals surface area contributed by atoms with E-state index in [9.17, 15) is 9.59 Å². The van der Waals surface area contributed by atoms with E-state index in [0.29, 0.717) is 18.9 Å². The molecule has 5 heteroatoms. The Hall–Kier alpha value is -1.10. The average molecular weight is 270 g/mol. The second kappa shape index (κ2) is 8.15. The normalized spacial score (nSPS) is 21.2. The highest BCUT2D eigenvalue weighted by molar-refractivity contribution is 5.81. The number of amides is 1. The lowest BCUT2D eigenvalue weighted by Crippen LogP contribution is -2.48. The predicted octanol–water partition coefficient (Wildman–Crippen LogP) is 1.61. The van der Waals surface area contributed by atoms with Crippen molar-refractivity contribution in [2.45, 2.75) is 57.9 Å². The summed E-state index contributed by atoms with van der Waals surface area (Å²) in [5.74, 6) is -0.413. The Kier molecular flexibility index (Phi) is 6.84. The number of piperidine rings is 1. The number of hydrogen-bond acceptors (Lipinski definition) is 3. The first-order chi connectivity index (χ1) is 9.04. The van der Waals surface area contributed by atoms with Crippen molar-refractivity contribution < 1.29 is 14.7 Å². The number of unbranched alkanes of at least 4 members (excludes halogenated alkanes) is 1. The highest BCUT2D eigenvalue weighted by Gasteiger charge is 2.26. The Morgan fingerprint density at radius 3 is 2.84 bits per heavy atom. The first-order valence-electron chi connectivity index (χ1n) is 7.30. The molecule has 1 fully saturated rings. The van der Waals surface area contributed by atoms with E-state index in [1.54, 1.807) is 0 Å². The van der Waals surface area contributed by atoms with Crippen molar-refractivity contribution in [3.8, 4) is 0 Å². The van der Waals surface area contributed by atoms with Gasteiger partial charge in [0.1, 0.15) is 0 Å². The number of nitrogens with zero attached hydrogens (tertiary/aromatic N) is 1. The summed E-state index contributed by atoms with van der Waals surface area (Å²) in [5.41, 5.74) is 5.92. The maximum Gasteiger partial charge on any atom is 0.303 e. The van der Waals surface area contributed by atoms with Gasteiger partial charge in [-0.3, -0.25) is 9.59 Å². The molecule has 0 bridgehead atoms. The molecule has 1 saturated heterocycles. The Morgan fingerprint density at radius 2 is 2.21 bits per heavy atom. The molecular weight excluding hydrogens is 244 g/mol. The van der Waals surface area contributed by atoms with E-state index in [1.807, 2.05) is 4.90 Å². The molecule has 0 aromatic rings. The number of hydrogen-bond donors (Lipinski definition) is 2. The number of carbonyl (C=O) groups is 2. The molecule has 2 atom stereocenters. The summed E-state index contributed by atoms with van der Waals surface area (Å²) in [6.45, 7) is 3.52. The van der Waals surface area contributed by atoms with E-state index in [4.69, 9.17) is 10.8 Å². The number of rotatable bonds is 7. The Labute approximate surface area is 115 Å². The molecule has 1 amide bonds. The van der Waals surface area contributed by atoms with Gasteiger partial charge in [-0.1, -0.05) is 19.8 Å². The van der Waals surface area contributed by atoms with E-state index in [2.05, 4.69) is 6.92 Å². The molecule has 0 saturated carbocycles. The summed E-state index contributed by atoms with van der Waals surface area (Å²) in [4.78, 5) is 24.6. The number of carbonyl (C=O) groups excluding carboxylic acids is 1. The molecule has 0 aromatic heterocycles. The van der Waals surface area contributed by atoms with Gasteiger partial charge in [-0.25, -0.2) is 0 Å². The lowest BCUT2D eigenvalue weighted by molar-refractivity contribution is -0.137. The van der Waals surface area contributed by atoms with Crippen molar-refractivity contribution in [2.75, 3.05) is 13.1 Å².